The molecule has 1 unspecified atom stereocenters. The van der Waals surface area contributed by atoms with E-state index in [0.29, 0.717) is 16.9 Å². The van der Waals surface area contributed by atoms with Gasteiger partial charge in [-0.25, -0.2) is 0 Å². The highest BCUT2D eigenvalue weighted by Gasteiger charge is 2.26. The van der Waals surface area contributed by atoms with Crippen LogP contribution in [-0.2, 0) is 16.1 Å². The van der Waals surface area contributed by atoms with Crippen LogP contribution in [0.2, 0.25) is 0 Å². The molecule has 1 atom stereocenters. The number of hydrogen-bond acceptors (Lipinski definition) is 5. The number of fused-ring (bicyclic) bond motifs is 1. The lowest BCUT2D eigenvalue weighted by atomic mass is 9.87. The zero-order valence-corrected chi connectivity index (χ0v) is 15.2. The number of amides is 1. The fourth-order valence-electron chi connectivity index (χ4n) is 2.51. The number of nitro groups is 1. The Hall–Kier alpha value is -2.41. The highest BCUT2D eigenvalue weighted by molar-refractivity contribution is 5.92. The van der Waals surface area contributed by atoms with Gasteiger partial charge in [-0.1, -0.05) is 20.8 Å². The van der Waals surface area contributed by atoms with Crippen LogP contribution in [0.5, 0.6) is 5.75 Å². The number of nitrogens with zero attached hydrogens (tertiary/aromatic N) is 2. The molecule has 0 radical (unpaired) electrons. The third-order valence-electron chi connectivity index (χ3n) is 4.52. The van der Waals surface area contributed by atoms with Crippen molar-refractivity contribution in [2.24, 2.45) is 5.41 Å². The van der Waals surface area contributed by atoms with Gasteiger partial charge in [0, 0.05) is 42.4 Å². The van der Waals surface area contributed by atoms with Gasteiger partial charge >= 0.3 is 0 Å². The molecule has 1 aromatic rings. The first-order valence-corrected chi connectivity index (χ1v) is 8.08. The number of carbonyl (C=O) groups excluding carboxylic acids is 1. The van der Waals surface area contributed by atoms with Crippen molar-refractivity contribution in [1.82, 2.24) is 4.90 Å². The van der Waals surface area contributed by atoms with Crippen molar-refractivity contribution >= 4 is 17.7 Å². The summed E-state index contributed by atoms with van der Waals surface area (Å²) in [7, 11) is 1.75. The first-order chi connectivity index (χ1) is 11.6. The van der Waals surface area contributed by atoms with Crippen molar-refractivity contribution in [2.45, 2.75) is 40.3 Å². The second-order valence-corrected chi connectivity index (χ2v) is 7.22. The molecular weight excluding hydrogens is 324 g/mol. The Morgan fingerprint density at radius 2 is 2.08 bits per heavy atom. The van der Waals surface area contributed by atoms with Gasteiger partial charge in [-0.2, -0.15) is 0 Å². The first-order valence-electron chi connectivity index (χ1n) is 8.08. The van der Waals surface area contributed by atoms with E-state index in [-0.39, 0.29) is 36.5 Å². The predicted octanol–water partition coefficient (Wildman–Crippen LogP) is 3.37. The van der Waals surface area contributed by atoms with Gasteiger partial charge in [0.2, 0.25) is 5.91 Å². The summed E-state index contributed by atoms with van der Waals surface area (Å²) in [5.41, 5.74) is 0.988. The predicted molar refractivity (Wildman–Crippen MR) is 94.1 cm³/mol. The molecule has 0 aliphatic carbocycles. The van der Waals surface area contributed by atoms with E-state index in [9.17, 15) is 14.9 Å². The Labute approximate surface area is 147 Å². The molecule has 1 aromatic carbocycles. The molecule has 1 amide bonds. The molecule has 1 aliphatic heterocycles. The van der Waals surface area contributed by atoms with Gasteiger partial charge in [-0.3, -0.25) is 14.9 Å². The second kappa shape index (κ2) is 7.23. The largest absolute Gasteiger partial charge is 0.467 e. The topological polar surface area (TPSA) is 81.9 Å². The number of non-ortho nitro benzene ring substituents is 1. The Bertz CT molecular complexity index is 706. The lowest BCUT2D eigenvalue weighted by molar-refractivity contribution is -0.385. The average molecular weight is 348 g/mol. The van der Waals surface area contributed by atoms with E-state index in [1.807, 2.05) is 6.92 Å². The molecule has 0 saturated carbocycles. The maximum Gasteiger partial charge on any atom is 0.270 e. The standard InChI is InChI=1S/C18H24N2O5/c1-12(18(2,3)4)19(5)16(21)7-6-13-8-15(20(22)23)9-14-10-24-11-25-17(13)14/h6-9,12H,10-11H2,1-5H3. The molecule has 0 aromatic heterocycles. The number of benzene rings is 1. The monoisotopic (exact) mass is 348 g/mol. The van der Waals surface area contributed by atoms with E-state index in [1.165, 1.54) is 18.2 Å². The Morgan fingerprint density at radius 3 is 2.68 bits per heavy atom. The maximum absolute atomic E-state index is 12.4. The molecule has 2 rings (SSSR count). The lowest BCUT2D eigenvalue weighted by Crippen LogP contribution is -2.42. The van der Waals surface area contributed by atoms with Gasteiger partial charge < -0.3 is 14.4 Å². The number of rotatable bonds is 4. The maximum atomic E-state index is 12.4. The minimum atomic E-state index is -0.470. The highest BCUT2D eigenvalue weighted by atomic mass is 16.7. The molecular formula is C18H24N2O5. The first kappa shape index (κ1) is 18.9. The summed E-state index contributed by atoms with van der Waals surface area (Å²) in [6, 6.07) is 2.87. The zero-order chi connectivity index (χ0) is 18.8. The fraction of sp³-hybridized carbons (Fsp3) is 0.500. The Kier molecular flexibility index (Phi) is 5.47. The molecule has 0 bridgehead atoms. The number of ether oxygens (including phenoxy) is 2. The fourth-order valence-corrected chi connectivity index (χ4v) is 2.51. The SMILES string of the molecule is CC(N(C)C(=O)C=Cc1cc([N+](=O)[O-])cc2c1OCOC2)C(C)(C)C. The van der Waals surface area contributed by atoms with E-state index in [1.54, 1.807) is 18.0 Å². The molecule has 0 spiro atoms. The summed E-state index contributed by atoms with van der Waals surface area (Å²) in [5.74, 6) is 0.349. The number of likely N-dealkylation sites (N-methyl/N-ethyl adjacent to an activating group) is 1. The quantitative estimate of drug-likeness (QED) is 0.473. The van der Waals surface area contributed by atoms with Crippen LogP contribution in [0.15, 0.2) is 18.2 Å². The van der Waals surface area contributed by atoms with Crippen molar-refractivity contribution in [3.63, 3.8) is 0 Å². The average Bonchev–Trinajstić information content (AvgIpc) is 2.56. The van der Waals surface area contributed by atoms with Crippen molar-refractivity contribution < 1.29 is 19.2 Å². The third-order valence-corrected chi connectivity index (χ3v) is 4.52. The van der Waals surface area contributed by atoms with E-state index < -0.39 is 4.92 Å². The summed E-state index contributed by atoms with van der Waals surface area (Å²) in [6.45, 7) is 8.51. The molecule has 25 heavy (non-hydrogen) atoms. The van der Waals surface area contributed by atoms with Crippen molar-refractivity contribution in [2.75, 3.05) is 13.8 Å². The van der Waals surface area contributed by atoms with Crippen LogP contribution >= 0.6 is 0 Å². The molecule has 0 N–H and O–H groups in total. The summed E-state index contributed by atoms with van der Waals surface area (Å²) in [6.07, 6.45) is 2.98. The van der Waals surface area contributed by atoms with E-state index in [4.69, 9.17) is 9.47 Å². The number of hydrogen-bond donors (Lipinski definition) is 0. The van der Waals surface area contributed by atoms with Crippen molar-refractivity contribution in [1.29, 1.82) is 0 Å². The summed E-state index contributed by atoms with van der Waals surface area (Å²) in [4.78, 5) is 24.7. The zero-order valence-electron chi connectivity index (χ0n) is 15.2. The molecule has 1 heterocycles. The van der Waals surface area contributed by atoms with Gasteiger partial charge in [0.1, 0.15) is 5.75 Å². The summed E-state index contributed by atoms with van der Waals surface area (Å²) >= 11 is 0. The van der Waals surface area contributed by atoms with Crippen LogP contribution in [0.4, 0.5) is 5.69 Å². The molecule has 0 saturated heterocycles. The smallest absolute Gasteiger partial charge is 0.270 e. The third kappa shape index (κ3) is 4.36. The van der Waals surface area contributed by atoms with Crippen molar-refractivity contribution in [3.05, 3.63) is 39.4 Å². The van der Waals surface area contributed by atoms with Crippen LogP contribution < -0.4 is 4.74 Å². The minimum Gasteiger partial charge on any atom is -0.467 e. The summed E-state index contributed by atoms with van der Waals surface area (Å²) in [5, 5.41) is 11.1. The van der Waals surface area contributed by atoms with Crippen LogP contribution in [0.3, 0.4) is 0 Å². The Balaban J connectivity index is 2.29. The van der Waals surface area contributed by atoms with Crippen LogP contribution in [0.25, 0.3) is 6.08 Å². The van der Waals surface area contributed by atoms with Crippen molar-refractivity contribution in [3.8, 4) is 5.75 Å². The number of carbonyl (C=O) groups is 1. The molecule has 7 nitrogen and oxygen atoms in total. The summed E-state index contributed by atoms with van der Waals surface area (Å²) < 4.78 is 10.6. The highest BCUT2D eigenvalue weighted by Crippen LogP contribution is 2.33. The Morgan fingerprint density at radius 1 is 1.40 bits per heavy atom. The molecule has 136 valence electrons. The van der Waals surface area contributed by atoms with Crippen LogP contribution in [0.1, 0.15) is 38.8 Å². The van der Waals surface area contributed by atoms with Gasteiger partial charge in [-0.15, -0.1) is 0 Å². The van der Waals surface area contributed by atoms with E-state index in [2.05, 4.69) is 20.8 Å². The number of nitro benzene ring substituents is 1. The molecule has 0 fully saturated rings. The van der Waals surface area contributed by atoms with Crippen LogP contribution in [-0.4, -0.2) is 35.6 Å². The van der Waals surface area contributed by atoms with Crippen LogP contribution in [0, 0.1) is 15.5 Å². The minimum absolute atomic E-state index is 0.0355. The lowest BCUT2D eigenvalue weighted by Gasteiger charge is -2.34. The van der Waals surface area contributed by atoms with E-state index in [0.717, 1.165) is 0 Å². The van der Waals surface area contributed by atoms with Gasteiger partial charge in [0.15, 0.2) is 6.79 Å². The van der Waals surface area contributed by atoms with E-state index >= 15 is 0 Å². The van der Waals surface area contributed by atoms with Gasteiger partial charge in [0.05, 0.1) is 11.5 Å². The van der Waals surface area contributed by atoms with Gasteiger partial charge in [0.25, 0.3) is 5.69 Å². The molecule has 7 heteroatoms. The molecule has 1 aliphatic rings. The van der Waals surface area contributed by atoms with Gasteiger partial charge in [-0.05, 0) is 18.4 Å². The second-order valence-electron chi connectivity index (χ2n) is 7.22. The normalized spacial score (nSPS) is 15.4.